The highest BCUT2D eigenvalue weighted by atomic mass is 35.5. The van der Waals surface area contributed by atoms with Gasteiger partial charge in [0.15, 0.2) is 0 Å². The molecule has 0 aliphatic carbocycles. The maximum atomic E-state index is 9.66. The Labute approximate surface area is 248 Å². The van der Waals surface area contributed by atoms with E-state index in [1.165, 1.54) is 0 Å². The second kappa shape index (κ2) is 11.6. The first-order valence-electron chi connectivity index (χ1n) is 12.9. The maximum Gasteiger partial charge on any atom is 0.134 e. The Morgan fingerprint density at radius 1 is 0.537 bits per heavy atom. The van der Waals surface area contributed by atoms with Crippen molar-refractivity contribution >= 4 is 44.7 Å². The van der Waals surface area contributed by atoms with Gasteiger partial charge in [-0.3, -0.25) is 0 Å². The topological polar surface area (TPSA) is 69.9 Å². The average molecular weight is 584 g/mol. The van der Waals surface area contributed by atoms with E-state index in [1.807, 2.05) is 67.6 Å². The molecule has 0 bridgehead atoms. The van der Waals surface area contributed by atoms with Gasteiger partial charge in [-0.25, -0.2) is 0 Å². The van der Waals surface area contributed by atoms with E-state index in [0.29, 0.717) is 10.0 Å². The molecule has 0 saturated carbocycles. The number of ether oxygens (including phenoxy) is 1. The molecule has 0 heterocycles. The zero-order chi connectivity index (χ0) is 29.3. The largest absolute Gasteiger partial charge is 0.508 e. The molecule has 0 amide bonds. The van der Waals surface area contributed by atoms with Crippen molar-refractivity contribution in [3.05, 3.63) is 118 Å². The van der Waals surface area contributed by atoms with E-state index in [9.17, 15) is 15.3 Å². The highest BCUT2D eigenvalue weighted by Gasteiger charge is 2.09. The number of phenolic OH excluding ortho intramolecular Hbond substituents is 3. The Morgan fingerprint density at radius 2 is 1.02 bits per heavy atom. The number of halogens is 2. The molecule has 0 aliphatic rings. The van der Waals surface area contributed by atoms with E-state index in [2.05, 4.69) is 19.1 Å². The van der Waals surface area contributed by atoms with Crippen LogP contribution >= 0.6 is 23.2 Å². The van der Waals surface area contributed by atoms with Crippen molar-refractivity contribution in [3.63, 3.8) is 0 Å². The number of hydrogen-bond donors (Lipinski definition) is 3. The summed E-state index contributed by atoms with van der Waals surface area (Å²) in [5.74, 6) is 1.32. The molecule has 0 radical (unpaired) electrons. The lowest BCUT2D eigenvalue weighted by atomic mass is 9.97. The molecular weight excluding hydrogens is 555 g/mol. The quantitative estimate of drug-likeness (QED) is 0.194. The molecule has 4 nitrogen and oxygen atoms in total. The van der Waals surface area contributed by atoms with E-state index in [1.54, 1.807) is 31.4 Å². The summed E-state index contributed by atoms with van der Waals surface area (Å²) in [5.41, 5.74) is 6.55. The SMILES string of the molecule is COc1ccc(-c2ccc3c(Cl)c(O)ccc3c2)c(C)c1.Cc1cc(O)ccc1-c1ccc2c(Cl)c(O)ccc2c1. The molecule has 0 aromatic heterocycles. The van der Waals surface area contributed by atoms with Gasteiger partial charge < -0.3 is 20.1 Å². The predicted octanol–water partition coefficient (Wildman–Crippen LogP) is 10.1. The van der Waals surface area contributed by atoms with Crippen LogP contribution in [0.4, 0.5) is 0 Å². The molecule has 0 aliphatic heterocycles. The molecule has 0 saturated heterocycles. The number of aryl methyl sites for hydroxylation is 2. The Hall–Kier alpha value is -4.38. The average Bonchev–Trinajstić information content (AvgIpc) is 2.97. The highest BCUT2D eigenvalue weighted by Crippen LogP contribution is 2.37. The van der Waals surface area contributed by atoms with Crippen molar-refractivity contribution in [2.45, 2.75) is 13.8 Å². The van der Waals surface area contributed by atoms with Crippen LogP contribution in [0.25, 0.3) is 43.8 Å². The van der Waals surface area contributed by atoms with E-state index < -0.39 is 0 Å². The third-order valence-corrected chi connectivity index (χ3v) is 7.93. The number of methoxy groups -OCH3 is 1. The van der Waals surface area contributed by atoms with Crippen molar-refractivity contribution in [2.75, 3.05) is 7.11 Å². The van der Waals surface area contributed by atoms with E-state index >= 15 is 0 Å². The molecule has 6 rings (SSSR count). The minimum absolute atomic E-state index is 0.0905. The van der Waals surface area contributed by atoms with Crippen LogP contribution in [0.1, 0.15) is 11.1 Å². The lowest BCUT2D eigenvalue weighted by Gasteiger charge is -2.10. The number of rotatable bonds is 3. The van der Waals surface area contributed by atoms with Crippen molar-refractivity contribution in [1.29, 1.82) is 0 Å². The van der Waals surface area contributed by atoms with Crippen molar-refractivity contribution in [2.24, 2.45) is 0 Å². The van der Waals surface area contributed by atoms with Gasteiger partial charge in [-0.1, -0.05) is 71.7 Å². The summed E-state index contributed by atoms with van der Waals surface area (Å²) in [7, 11) is 1.67. The molecule has 206 valence electrons. The molecule has 6 aromatic carbocycles. The fourth-order valence-electron chi connectivity index (χ4n) is 4.95. The molecule has 0 unspecified atom stereocenters. The molecular formula is C35H28Cl2O4. The monoisotopic (exact) mass is 582 g/mol. The fraction of sp³-hybridized carbons (Fsp3) is 0.0857. The van der Waals surface area contributed by atoms with Crippen LogP contribution in [0.15, 0.2) is 97.1 Å². The second-order valence-corrected chi connectivity index (χ2v) is 10.6. The zero-order valence-corrected chi connectivity index (χ0v) is 24.3. The van der Waals surface area contributed by atoms with Gasteiger partial charge in [-0.15, -0.1) is 0 Å². The number of fused-ring (bicyclic) bond motifs is 2. The third kappa shape index (κ3) is 5.76. The summed E-state index contributed by atoms with van der Waals surface area (Å²) in [6, 6.07) is 30.2. The van der Waals surface area contributed by atoms with Crippen LogP contribution in [0.3, 0.4) is 0 Å². The standard InChI is InChI=1S/C18H15ClO2.C17H13ClO2/c1-11-9-14(21-2)5-7-15(11)12-3-6-16-13(10-12)4-8-17(20)18(16)19;1-10-8-13(19)4-6-14(10)11-2-5-15-12(9-11)3-7-16(20)17(15)18/h3-10,20H,1-2H3;2-9,19-20H,1H3. The van der Waals surface area contributed by atoms with Gasteiger partial charge in [0.1, 0.15) is 23.0 Å². The Morgan fingerprint density at radius 3 is 1.49 bits per heavy atom. The van der Waals surface area contributed by atoms with E-state index in [-0.39, 0.29) is 17.2 Å². The number of phenols is 3. The highest BCUT2D eigenvalue weighted by molar-refractivity contribution is 6.37. The van der Waals surface area contributed by atoms with Crippen molar-refractivity contribution in [1.82, 2.24) is 0 Å². The summed E-state index contributed by atoms with van der Waals surface area (Å²) in [4.78, 5) is 0. The van der Waals surface area contributed by atoms with Crippen LogP contribution < -0.4 is 4.74 Å². The first-order valence-corrected chi connectivity index (χ1v) is 13.7. The van der Waals surface area contributed by atoms with Gasteiger partial charge >= 0.3 is 0 Å². The summed E-state index contributed by atoms with van der Waals surface area (Å²) < 4.78 is 5.24. The van der Waals surface area contributed by atoms with Gasteiger partial charge in [-0.2, -0.15) is 0 Å². The molecule has 0 fully saturated rings. The molecule has 3 N–H and O–H groups in total. The van der Waals surface area contributed by atoms with Crippen molar-refractivity contribution < 1.29 is 20.1 Å². The Kier molecular flexibility index (Phi) is 7.98. The minimum atomic E-state index is 0.0905. The van der Waals surface area contributed by atoms with Gasteiger partial charge in [0.2, 0.25) is 0 Å². The maximum absolute atomic E-state index is 9.66. The molecule has 6 heteroatoms. The Balaban J connectivity index is 0.000000165. The van der Waals surface area contributed by atoms with Crippen molar-refractivity contribution in [3.8, 4) is 45.3 Å². The van der Waals surface area contributed by atoms with Crippen LogP contribution in [-0.4, -0.2) is 22.4 Å². The number of benzene rings is 6. The van der Waals surface area contributed by atoms with Gasteiger partial charge in [0.05, 0.1) is 17.2 Å². The third-order valence-electron chi connectivity index (χ3n) is 7.13. The molecule has 0 spiro atoms. The summed E-state index contributed by atoms with van der Waals surface area (Å²) in [5, 5.41) is 33.2. The number of hydrogen-bond acceptors (Lipinski definition) is 4. The lowest BCUT2D eigenvalue weighted by molar-refractivity contribution is 0.414. The van der Waals surface area contributed by atoms with Gasteiger partial charge in [-0.05, 0) is 107 Å². The Bertz CT molecular complexity index is 1910. The number of aromatic hydroxyl groups is 3. The smallest absolute Gasteiger partial charge is 0.134 e. The fourth-order valence-corrected chi connectivity index (χ4v) is 5.42. The first-order chi connectivity index (χ1) is 19.7. The minimum Gasteiger partial charge on any atom is -0.508 e. The normalized spacial score (nSPS) is 10.9. The van der Waals surface area contributed by atoms with E-state index in [0.717, 1.165) is 60.7 Å². The molecule has 6 aromatic rings. The van der Waals surface area contributed by atoms with Crippen LogP contribution in [-0.2, 0) is 0 Å². The predicted molar refractivity (Wildman–Crippen MR) is 170 cm³/mol. The molecule has 0 atom stereocenters. The van der Waals surface area contributed by atoms with Gasteiger partial charge in [0.25, 0.3) is 0 Å². The zero-order valence-electron chi connectivity index (χ0n) is 22.7. The van der Waals surface area contributed by atoms with Crippen LogP contribution in [0.2, 0.25) is 10.0 Å². The van der Waals surface area contributed by atoms with Gasteiger partial charge in [0, 0.05) is 10.8 Å². The second-order valence-electron chi connectivity index (χ2n) is 9.85. The van der Waals surface area contributed by atoms with Crippen LogP contribution in [0, 0.1) is 13.8 Å². The molecule has 41 heavy (non-hydrogen) atoms. The summed E-state index contributed by atoms with van der Waals surface area (Å²) in [6.07, 6.45) is 0. The van der Waals surface area contributed by atoms with E-state index in [4.69, 9.17) is 27.9 Å². The summed E-state index contributed by atoms with van der Waals surface area (Å²) >= 11 is 12.2. The summed E-state index contributed by atoms with van der Waals surface area (Å²) in [6.45, 7) is 4.02. The first kappa shape index (κ1) is 28.2. The lowest BCUT2D eigenvalue weighted by Crippen LogP contribution is -1.87. The van der Waals surface area contributed by atoms with Crippen LogP contribution in [0.5, 0.6) is 23.0 Å².